The van der Waals surface area contributed by atoms with Crippen LogP contribution in [0, 0.1) is 20.8 Å². The normalized spacial score (nSPS) is 15.2. The van der Waals surface area contributed by atoms with Gasteiger partial charge in [-0.3, -0.25) is 19.8 Å². The molecule has 1 saturated heterocycles. The van der Waals surface area contributed by atoms with Gasteiger partial charge in [0, 0.05) is 23.1 Å². The van der Waals surface area contributed by atoms with Crippen LogP contribution >= 0.6 is 12.2 Å². The first-order chi connectivity index (χ1) is 15.8. The molecule has 2 heterocycles. The maximum Gasteiger partial charge on any atom is 0.270 e. The molecular weight excluding hydrogens is 434 g/mol. The summed E-state index contributed by atoms with van der Waals surface area (Å²) in [6.07, 6.45) is 1.63. The molecule has 6 nitrogen and oxygen atoms in total. The van der Waals surface area contributed by atoms with Crippen molar-refractivity contribution in [2.45, 2.75) is 27.7 Å². The Kier molecular flexibility index (Phi) is 6.16. The van der Waals surface area contributed by atoms with E-state index in [0.717, 1.165) is 22.6 Å². The molecule has 1 aromatic heterocycles. The number of nitrogens with one attached hydrogen (secondary N) is 1. The standard InChI is InChI=1S/C26H25N3O3S/c1-5-32-22-8-6-7-21(15-22)29-25(31)23(24(30)27-26(29)33)14-19-13-17(3)28(18(19)4)20-11-9-16(2)10-12-20/h6-15H,5H2,1-4H3,(H,27,30,33)/b23-14-. The molecule has 0 saturated carbocycles. The van der Waals surface area contributed by atoms with E-state index in [0.29, 0.717) is 18.0 Å². The largest absolute Gasteiger partial charge is 0.494 e. The number of hydrogen-bond donors (Lipinski definition) is 1. The molecule has 7 heteroatoms. The summed E-state index contributed by atoms with van der Waals surface area (Å²) in [4.78, 5) is 27.4. The van der Waals surface area contributed by atoms with Gasteiger partial charge in [0.05, 0.1) is 12.3 Å². The number of thiocarbonyl (C=S) groups is 1. The first-order valence-corrected chi connectivity index (χ1v) is 11.1. The fraction of sp³-hybridized carbons (Fsp3) is 0.192. The van der Waals surface area contributed by atoms with Gasteiger partial charge in [-0.2, -0.15) is 0 Å². The van der Waals surface area contributed by atoms with E-state index in [1.165, 1.54) is 10.5 Å². The second-order valence-electron chi connectivity index (χ2n) is 7.89. The van der Waals surface area contributed by atoms with Gasteiger partial charge in [-0.15, -0.1) is 0 Å². The zero-order valence-corrected chi connectivity index (χ0v) is 19.8. The van der Waals surface area contributed by atoms with Gasteiger partial charge in [-0.1, -0.05) is 23.8 Å². The van der Waals surface area contributed by atoms with E-state index in [1.54, 1.807) is 30.3 Å². The number of carbonyl (C=O) groups excluding carboxylic acids is 2. The highest BCUT2D eigenvalue weighted by molar-refractivity contribution is 7.80. The predicted octanol–water partition coefficient (Wildman–Crippen LogP) is 4.63. The highest BCUT2D eigenvalue weighted by Gasteiger charge is 2.35. The van der Waals surface area contributed by atoms with E-state index in [2.05, 4.69) is 34.1 Å². The summed E-state index contributed by atoms with van der Waals surface area (Å²) in [5.74, 6) is -0.366. The zero-order chi connectivity index (χ0) is 23.7. The van der Waals surface area contributed by atoms with E-state index in [9.17, 15) is 9.59 Å². The fourth-order valence-electron chi connectivity index (χ4n) is 3.95. The van der Waals surface area contributed by atoms with Crippen molar-refractivity contribution >= 4 is 40.9 Å². The van der Waals surface area contributed by atoms with Crippen LogP contribution in [0.4, 0.5) is 5.69 Å². The molecule has 0 aliphatic carbocycles. The molecule has 3 aromatic rings. The van der Waals surface area contributed by atoms with Gasteiger partial charge in [0.1, 0.15) is 11.3 Å². The van der Waals surface area contributed by atoms with Crippen LogP contribution in [-0.4, -0.2) is 28.1 Å². The Labute approximate surface area is 198 Å². The van der Waals surface area contributed by atoms with Crippen LogP contribution in [0.1, 0.15) is 29.4 Å². The average molecular weight is 460 g/mol. The second-order valence-corrected chi connectivity index (χ2v) is 8.27. The van der Waals surface area contributed by atoms with Crippen LogP contribution < -0.4 is 15.0 Å². The predicted molar refractivity (Wildman–Crippen MR) is 134 cm³/mol. The molecule has 1 N–H and O–H groups in total. The SMILES string of the molecule is CCOc1cccc(N2C(=O)/C(=C\c3cc(C)n(-c4ccc(C)cc4)c3C)C(=O)NC2=S)c1. The molecule has 0 unspecified atom stereocenters. The number of ether oxygens (including phenoxy) is 1. The summed E-state index contributed by atoms with van der Waals surface area (Å²) in [5.41, 5.74) is 5.49. The molecule has 168 valence electrons. The van der Waals surface area contributed by atoms with Crippen molar-refractivity contribution in [2.75, 3.05) is 11.5 Å². The topological polar surface area (TPSA) is 63.6 Å². The number of nitrogens with zero attached hydrogens (tertiary/aromatic N) is 2. The second kappa shape index (κ2) is 9.03. The lowest BCUT2D eigenvalue weighted by molar-refractivity contribution is -0.122. The summed E-state index contributed by atoms with van der Waals surface area (Å²) in [7, 11) is 0. The van der Waals surface area contributed by atoms with E-state index >= 15 is 0 Å². The molecule has 33 heavy (non-hydrogen) atoms. The number of aryl methyl sites for hydroxylation is 2. The van der Waals surface area contributed by atoms with Crippen molar-refractivity contribution < 1.29 is 14.3 Å². The van der Waals surface area contributed by atoms with Gasteiger partial charge in [-0.25, -0.2) is 0 Å². The Morgan fingerprint density at radius 1 is 1.00 bits per heavy atom. The highest BCUT2D eigenvalue weighted by atomic mass is 32.1. The van der Waals surface area contributed by atoms with Gasteiger partial charge in [0.25, 0.3) is 11.8 Å². The van der Waals surface area contributed by atoms with Crippen molar-refractivity contribution in [3.05, 3.63) is 82.7 Å². The average Bonchev–Trinajstić information content (AvgIpc) is 3.05. The minimum atomic E-state index is -0.512. The summed E-state index contributed by atoms with van der Waals surface area (Å²) in [5, 5.41) is 2.68. The van der Waals surface area contributed by atoms with Crippen LogP contribution in [0.25, 0.3) is 11.8 Å². The third-order valence-electron chi connectivity index (χ3n) is 5.55. The number of benzene rings is 2. The molecule has 0 atom stereocenters. The number of amides is 2. The summed E-state index contributed by atoms with van der Waals surface area (Å²) in [6, 6.07) is 17.3. The monoisotopic (exact) mass is 459 g/mol. The Balaban J connectivity index is 1.73. The maximum atomic E-state index is 13.4. The molecule has 1 aliphatic rings. The van der Waals surface area contributed by atoms with Gasteiger partial charge >= 0.3 is 0 Å². The van der Waals surface area contributed by atoms with Crippen molar-refractivity contribution in [3.8, 4) is 11.4 Å². The Bertz CT molecular complexity index is 1290. The third-order valence-corrected chi connectivity index (χ3v) is 5.84. The van der Waals surface area contributed by atoms with Crippen LogP contribution in [0.15, 0.2) is 60.2 Å². The molecule has 2 aromatic carbocycles. The van der Waals surface area contributed by atoms with Crippen molar-refractivity contribution in [2.24, 2.45) is 0 Å². The molecule has 1 fully saturated rings. The first kappa shape index (κ1) is 22.5. The fourth-order valence-corrected chi connectivity index (χ4v) is 4.23. The highest BCUT2D eigenvalue weighted by Crippen LogP contribution is 2.28. The Morgan fingerprint density at radius 3 is 2.42 bits per heavy atom. The Morgan fingerprint density at radius 2 is 1.73 bits per heavy atom. The van der Waals surface area contributed by atoms with Gasteiger partial charge < -0.3 is 9.30 Å². The van der Waals surface area contributed by atoms with Gasteiger partial charge in [-0.05, 0) is 81.9 Å². The van der Waals surface area contributed by atoms with Crippen LogP contribution in [-0.2, 0) is 9.59 Å². The quantitative estimate of drug-likeness (QED) is 0.343. The summed E-state index contributed by atoms with van der Waals surface area (Å²) in [6.45, 7) is 8.40. The van der Waals surface area contributed by atoms with Crippen molar-refractivity contribution in [1.82, 2.24) is 9.88 Å². The van der Waals surface area contributed by atoms with Crippen LogP contribution in [0.3, 0.4) is 0 Å². The van der Waals surface area contributed by atoms with E-state index in [4.69, 9.17) is 17.0 Å². The molecular formula is C26H25N3O3S. The van der Waals surface area contributed by atoms with Crippen molar-refractivity contribution in [3.63, 3.8) is 0 Å². The number of hydrogen-bond acceptors (Lipinski definition) is 4. The molecule has 0 spiro atoms. The van der Waals surface area contributed by atoms with E-state index in [1.807, 2.05) is 33.8 Å². The summed E-state index contributed by atoms with van der Waals surface area (Å²) >= 11 is 5.31. The smallest absolute Gasteiger partial charge is 0.270 e. The molecule has 4 rings (SSSR count). The zero-order valence-electron chi connectivity index (χ0n) is 19.0. The molecule has 0 radical (unpaired) electrons. The first-order valence-electron chi connectivity index (χ1n) is 10.7. The van der Waals surface area contributed by atoms with Gasteiger partial charge in [0.2, 0.25) is 0 Å². The number of anilines is 1. The van der Waals surface area contributed by atoms with Gasteiger partial charge in [0.15, 0.2) is 5.11 Å². The number of aromatic nitrogens is 1. The molecule has 2 amide bonds. The maximum absolute atomic E-state index is 13.4. The summed E-state index contributed by atoms with van der Waals surface area (Å²) < 4.78 is 7.65. The lowest BCUT2D eigenvalue weighted by Gasteiger charge is -2.29. The van der Waals surface area contributed by atoms with Crippen LogP contribution in [0.2, 0.25) is 0 Å². The molecule has 1 aliphatic heterocycles. The van der Waals surface area contributed by atoms with E-state index in [-0.39, 0.29) is 10.7 Å². The Hall–Kier alpha value is -3.71. The molecule has 0 bridgehead atoms. The lowest BCUT2D eigenvalue weighted by atomic mass is 10.1. The minimum absolute atomic E-state index is 0.0227. The number of rotatable bonds is 5. The number of carbonyl (C=O) groups is 2. The van der Waals surface area contributed by atoms with Crippen molar-refractivity contribution in [1.29, 1.82) is 0 Å². The third kappa shape index (κ3) is 4.32. The minimum Gasteiger partial charge on any atom is -0.494 e. The van der Waals surface area contributed by atoms with E-state index < -0.39 is 11.8 Å². The van der Waals surface area contributed by atoms with Crippen LogP contribution in [0.5, 0.6) is 5.75 Å². The lowest BCUT2D eigenvalue weighted by Crippen LogP contribution is -2.54.